The Kier molecular flexibility index (Phi) is 17.6. The van der Waals surface area contributed by atoms with Gasteiger partial charge in [0.15, 0.2) is 0 Å². The number of hydrogen-bond donors (Lipinski definition) is 3. The minimum absolute atomic E-state index is 0.0754. The van der Waals surface area contributed by atoms with Gasteiger partial charge in [-0.2, -0.15) is 0 Å². The molecule has 0 saturated heterocycles. The van der Waals surface area contributed by atoms with Gasteiger partial charge >= 0.3 is 7.82 Å². The fourth-order valence-corrected chi connectivity index (χ4v) is 3.95. The van der Waals surface area contributed by atoms with Crippen molar-refractivity contribution in [1.29, 1.82) is 0 Å². The zero-order chi connectivity index (χ0) is 24.5. The molecule has 0 saturated carbocycles. The van der Waals surface area contributed by atoms with Crippen LogP contribution in [0.4, 0.5) is 0 Å². The number of nitrogens with zero attached hydrogens (tertiary/aromatic N) is 1. The van der Waals surface area contributed by atoms with Gasteiger partial charge in [-0.05, 0) is 12.8 Å². The molecule has 8 nitrogen and oxygen atoms in total. The van der Waals surface area contributed by atoms with Crippen LogP contribution in [-0.4, -0.2) is 73.4 Å². The van der Waals surface area contributed by atoms with Gasteiger partial charge in [0, 0.05) is 6.42 Å². The summed E-state index contributed by atoms with van der Waals surface area (Å²) in [6.07, 6.45) is 10.5. The summed E-state index contributed by atoms with van der Waals surface area (Å²) in [4.78, 5) is 22.3. The van der Waals surface area contributed by atoms with Gasteiger partial charge in [-0.25, -0.2) is 4.57 Å². The van der Waals surface area contributed by atoms with Crippen LogP contribution >= 0.6 is 7.82 Å². The molecule has 0 fully saturated rings. The van der Waals surface area contributed by atoms with Crippen molar-refractivity contribution in [3.8, 4) is 0 Å². The summed E-state index contributed by atoms with van der Waals surface area (Å²) >= 11 is 0. The molecule has 3 unspecified atom stereocenters. The largest absolute Gasteiger partial charge is 0.472 e. The Labute approximate surface area is 196 Å². The fraction of sp³-hybridized carbons (Fsp3) is 0.957. The van der Waals surface area contributed by atoms with Gasteiger partial charge in [-0.15, -0.1) is 0 Å². The van der Waals surface area contributed by atoms with E-state index in [9.17, 15) is 19.4 Å². The summed E-state index contributed by atoms with van der Waals surface area (Å²) in [6, 6.07) is -0.744. The first-order valence-electron chi connectivity index (χ1n) is 12.4. The lowest BCUT2D eigenvalue weighted by molar-refractivity contribution is -0.870. The van der Waals surface area contributed by atoms with E-state index in [0.717, 1.165) is 44.9 Å². The Morgan fingerprint density at radius 1 is 0.938 bits per heavy atom. The molecule has 3 atom stereocenters. The molecule has 1 amide bonds. The summed E-state index contributed by atoms with van der Waals surface area (Å²) in [5, 5.41) is 13.4. The highest BCUT2D eigenvalue weighted by Gasteiger charge is 2.28. The quantitative estimate of drug-likeness (QED) is 0.128. The summed E-state index contributed by atoms with van der Waals surface area (Å²) in [5.41, 5.74) is 0. The predicted octanol–water partition coefficient (Wildman–Crippen LogP) is 4.39. The maximum absolute atomic E-state index is 12.3. The first-order chi connectivity index (χ1) is 15.0. The third-order valence-corrected chi connectivity index (χ3v) is 6.34. The van der Waals surface area contributed by atoms with Crippen LogP contribution in [0.1, 0.15) is 90.9 Å². The molecule has 3 N–H and O–H groups in total. The summed E-state index contributed by atoms with van der Waals surface area (Å²) in [6.45, 7) is 4.64. The van der Waals surface area contributed by atoms with Crippen molar-refractivity contribution in [2.24, 2.45) is 0 Å². The summed E-state index contributed by atoms with van der Waals surface area (Å²) in [5.74, 6) is -0.171. The SMILES string of the molecule is CCCCCCCCC(O)C(COP(=O)(O)OCC[N+](C)(C)C)NC(=O)CCCCCC. The lowest BCUT2D eigenvalue weighted by Crippen LogP contribution is -2.46. The van der Waals surface area contributed by atoms with E-state index in [0.29, 0.717) is 23.9 Å². The molecule has 0 spiro atoms. The maximum Gasteiger partial charge on any atom is 0.472 e. The zero-order valence-electron chi connectivity index (χ0n) is 21.2. The van der Waals surface area contributed by atoms with Crippen molar-refractivity contribution >= 4 is 13.7 Å². The van der Waals surface area contributed by atoms with Crippen LogP contribution in [0.2, 0.25) is 0 Å². The average Bonchev–Trinajstić information content (AvgIpc) is 2.69. The standard InChI is InChI=1S/C23H49N2O6P/c1-6-8-10-12-13-14-16-22(26)21(24-23(27)17-15-11-9-7-2)20-31-32(28,29)30-19-18-25(3,4)5/h21-22,26H,6-20H2,1-5H3,(H-,24,27,28,29)/p+1. The number of amides is 1. The van der Waals surface area contributed by atoms with E-state index in [1.165, 1.54) is 19.3 Å². The number of rotatable bonds is 21. The van der Waals surface area contributed by atoms with Gasteiger partial charge in [0.05, 0.1) is 39.9 Å². The zero-order valence-corrected chi connectivity index (χ0v) is 22.1. The second-order valence-corrected chi connectivity index (χ2v) is 11.2. The molecular formula is C23H50N2O6P+. The Morgan fingerprint density at radius 2 is 1.50 bits per heavy atom. The number of nitrogens with one attached hydrogen (secondary N) is 1. The Morgan fingerprint density at radius 3 is 2.09 bits per heavy atom. The van der Waals surface area contributed by atoms with Crippen molar-refractivity contribution in [1.82, 2.24) is 5.32 Å². The predicted molar refractivity (Wildman–Crippen MR) is 129 cm³/mol. The lowest BCUT2D eigenvalue weighted by Gasteiger charge is -2.26. The van der Waals surface area contributed by atoms with E-state index >= 15 is 0 Å². The monoisotopic (exact) mass is 481 g/mol. The van der Waals surface area contributed by atoms with E-state index in [-0.39, 0.29) is 19.1 Å². The molecule has 9 heteroatoms. The molecule has 0 aromatic heterocycles. The highest BCUT2D eigenvalue weighted by Crippen LogP contribution is 2.43. The fourth-order valence-electron chi connectivity index (χ4n) is 3.22. The number of carbonyl (C=O) groups is 1. The molecule has 192 valence electrons. The van der Waals surface area contributed by atoms with Crippen LogP contribution in [-0.2, 0) is 18.4 Å². The van der Waals surface area contributed by atoms with Crippen LogP contribution in [0.15, 0.2) is 0 Å². The number of likely N-dealkylation sites (N-methyl/N-ethyl adjacent to an activating group) is 1. The van der Waals surface area contributed by atoms with Gasteiger partial charge in [0.25, 0.3) is 0 Å². The molecule has 0 bridgehead atoms. The van der Waals surface area contributed by atoms with Crippen molar-refractivity contribution in [2.45, 2.75) is 103 Å². The topological polar surface area (TPSA) is 105 Å². The maximum atomic E-state index is 12.3. The van der Waals surface area contributed by atoms with E-state index < -0.39 is 20.0 Å². The number of hydrogen-bond acceptors (Lipinski definition) is 5. The average molecular weight is 482 g/mol. The molecule has 0 aromatic rings. The minimum atomic E-state index is -4.26. The molecule has 0 aliphatic heterocycles. The molecule has 0 radical (unpaired) electrons. The Hall–Kier alpha value is -0.500. The minimum Gasteiger partial charge on any atom is -0.391 e. The van der Waals surface area contributed by atoms with Crippen LogP contribution in [0.5, 0.6) is 0 Å². The van der Waals surface area contributed by atoms with Gasteiger partial charge in [0.1, 0.15) is 13.2 Å². The molecular weight excluding hydrogens is 431 g/mol. The van der Waals surface area contributed by atoms with Crippen LogP contribution in [0, 0.1) is 0 Å². The van der Waals surface area contributed by atoms with Crippen LogP contribution in [0.3, 0.4) is 0 Å². The number of unbranched alkanes of at least 4 members (excludes halogenated alkanes) is 8. The van der Waals surface area contributed by atoms with E-state index in [2.05, 4.69) is 19.2 Å². The Bertz CT molecular complexity index is 527. The van der Waals surface area contributed by atoms with E-state index in [1.54, 1.807) is 0 Å². The summed E-state index contributed by atoms with van der Waals surface area (Å²) in [7, 11) is 1.60. The van der Waals surface area contributed by atoms with Crippen molar-refractivity contribution in [3.63, 3.8) is 0 Å². The number of aliphatic hydroxyl groups excluding tert-OH is 1. The third-order valence-electron chi connectivity index (χ3n) is 5.36. The number of carbonyl (C=O) groups excluding carboxylic acids is 1. The first-order valence-corrected chi connectivity index (χ1v) is 13.9. The van der Waals surface area contributed by atoms with E-state index in [4.69, 9.17) is 9.05 Å². The van der Waals surface area contributed by atoms with Gasteiger partial charge in [0.2, 0.25) is 5.91 Å². The molecule has 0 aliphatic rings. The lowest BCUT2D eigenvalue weighted by atomic mass is 10.0. The molecule has 0 rings (SSSR count). The summed E-state index contributed by atoms with van der Waals surface area (Å²) < 4.78 is 23.0. The van der Waals surface area contributed by atoms with Gasteiger partial charge in [-0.1, -0.05) is 71.6 Å². The number of aliphatic hydroxyl groups is 1. The third kappa shape index (κ3) is 19.0. The highest BCUT2D eigenvalue weighted by molar-refractivity contribution is 7.47. The number of phosphoric acid groups is 1. The molecule has 32 heavy (non-hydrogen) atoms. The van der Waals surface area contributed by atoms with Crippen LogP contribution < -0.4 is 5.32 Å². The molecule has 0 aromatic carbocycles. The van der Waals surface area contributed by atoms with E-state index in [1.807, 2.05) is 21.1 Å². The van der Waals surface area contributed by atoms with Crippen molar-refractivity contribution in [3.05, 3.63) is 0 Å². The van der Waals surface area contributed by atoms with Crippen LogP contribution in [0.25, 0.3) is 0 Å². The molecule has 0 heterocycles. The number of quaternary nitrogens is 1. The van der Waals surface area contributed by atoms with Crippen molar-refractivity contribution in [2.75, 3.05) is 40.9 Å². The first kappa shape index (κ1) is 31.5. The molecule has 0 aliphatic carbocycles. The van der Waals surface area contributed by atoms with Crippen molar-refractivity contribution < 1.29 is 32.9 Å². The highest BCUT2D eigenvalue weighted by atomic mass is 31.2. The number of phosphoric ester groups is 1. The van der Waals surface area contributed by atoms with Gasteiger partial charge in [-0.3, -0.25) is 13.8 Å². The second kappa shape index (κ2) is 17.9. The smallest absolute Gasteiger partial charge is 0.391 e. The second-order valence-electron chi connectivity index (χ2n) is 9.72. The normalized spacial score (nSPS) is 15.8. The Balaban J connectivity index is 4.67. The van der Waals surface area contributed by atoms with Gasteiger partial charge < -0.3 is 19.8 Å².